The number of ether oxygens (including phenoxy) is 1. The summed E-state index contributed by atoms with van der Waals surface area (Å²) in [6, 6.07) is 0. The van der Waals surface area contributed by atoms with Crippen LogP contribution >= 0.6 is 7.82 Å². The van der Waals surface area contributed by atoms with Crippen molar-refractivity contribution < 1.29 is 29.1 Å². The quantitative estimate of drug-likeness (QED) is 0.357. The van der Waals surface area contributed by atoms with Gasteiger partial charge in [0.25, 0.3) is 5.56 Å². The number of nitrogens with zero attached hydrogens (tertiary/aromatic N) is 1. The summed E-state index contributed by atoms with van der Waals surface area (Å²) >= 11 is 0. The first-order valence-corrected chi connectivity index (χ1v) is 11.6. The number of aromatic nitrogens is 2. The van der Waals surface area contributed by atoms with Crippen LogP contribution in [0.4, 0.5) is 4.39 Å². The predicted octanol–water partition coefficient (Wildman–Crippen LogP) is 3.48. The lowest BCUT2D eigenvalue weighted by molar-refractivity contribution is -0.0264. The number of hydrogen-bond acceptors (Lipinski definition) is 6. The van der Waals surface area contributed by atoms with Gasteiger partial charge in [-0.15, -0.1) is 0 Å². The third-order valence-corrected chi connectivity index (χ3v) is 5.73. The van der Waals surface area contributed by atoms with Crippen molar-refractivity contribution in [1.29, 1.82) is 0 Å². The Hall–Kier alpha value is -1.32. The summed E-state index contributed by atoms with van der Waals surface area (Å²) < 4.78 is 41.8. The zero-order valence-corrected chi connectivity index (χ0v) is 17.6. The first-order chi connectivity index (χ1) is 13.8. The Morgan fingerprint density at radius 2 is 1.93 bits per heavy atom. The largest absolute Gasteiger partial charge is 0.472 e. The number of phosphoric acid groups is 1. The van der Waals surface area contributed by atoms with E-state index in [1.165, 1.54) is 19.3 Å². The van der Waals surface area contributed by atoms with Crippen LogP contribution in [0, 0.1) is 5.82 Å². The van der Waals surface area contributed by atoms with Crippen LogP contribution in [-0.2, 0) is 18.3 Å². The van der Waals surface area contributed by atoms with Gasteiger partial charge in [0.15, 0.2) is 0 Å². The monoisotopic (exact) mass is 438 g/mol. The highest BCUT2D eigenvalue weighted by molar-refractivity contribution is 7.47. The van der Waals surface area contributed by atoms with Crippen molar-refractivity contribution in [2.24, 2.45) is 0 Å². The van der Waals surface area contributed by atoms with Crippen molar-refractivity contribution in [3.63, 3.8) is 0 Å². The molecule has 3 atom stereocenters. The molecule has 1 unspecified atom stereocenters. The molecule has 0 bridgehead atoms. The third kappa shape index (κ3) is 8.14. The third-order valence-electron chi connectivity index (χ3n) is 4.75. The summed E-state index contributed by atoms with van der Waals surface area (Å²) in [5, 5.41) is 0. The maximum absolute atomic E-state index is 13.4. The van der Waals surface area contributed by atoms with Gasteiger partial charge in [0.1, 0.15) is 6.23 Å². The van der Waals surface area contributed by atoms with Gasteiger partial charge in [0.05, 0.1) is 25.5 Å². The number of H-pyrrole nitrogens is 1. The zero-order valence-electron chi connectivity index (χ0n) is 16.7. The van der Waals surface area contributed by atoms with Gasteiger partial charge in [-0.2, -0.15) is 4.39 Å². The van der Waals surface area contributed by atoms with E-state index in [1.807, 2.05) is 4.98 Å². The molecule has 1 fully saturated rings. The maximum Gasteiger partial charge on any atom is 0.472 e. The fourth-order valence-corrected chi connectivity index (χ4v) is 3.93. The minimum Gasteiger partial charge on any atom is -0.352 e. The minimum atomic E-state index is -4.18. The molecule has 2 N–H and O–H groups in total. The first-order valence-electron chi connectivity index (χ1n) is 10.1. The van der Waals surface area contributed by atoms with E-state index in [4.69, 9.17) is 13.8 Å². The summed E-state index contributed by atoms with van der Waals surface area (Å²) in [4.78, 5) is 34.5. The lowest BCUT2D eigenvalue weighted by atomic mass is 10.1. The molecule has 1 aliphatic rings. The molecule has 0 amide bonds. The van der Waals surface area contributed by atoms with Gasteiger partial charge in [0, 0.05) is 1.43 Å². The van der Waals surface area contributed by atoms with E-state index >= 15 is 0 Å². The van der Waals surface area contributed by atoms with Gasteiger partial charge in [-0.25, -0.2) is 9.36 Å². The topological polar surface area (TPSA) is 120 Å². The van der Waals surface area contributed by atoms with Crippen molar-refractivity contribution in [3.05, 3.63) is 32.9 Å². The number of halogens is 1. The van der Waals surface area contributed by atoms with Gasteiger partial charge in [-0.1, -0.05) is 45.4 Å². The summed E-state index contributed by atoms with van der Waals surface area (Å²) in [6.07, 6.45) is 7.74. The molecule has 11 heteroatoms. The van der Waals surface area contributed by atoms with Gasteiger partial charge in [-0.05, 0) is 19.3 Å². The molecular formula is C18H32FN2O7P. The highest BCUT2D eigenvalue weighted by Crippen LogP contribution is 2.44. The minimum absolute atomic E-state index is 0. The average Bonchev–Trinajstić information content (AvgIpc) is 3.14. The molecular weight excluding hydrogens is 406 g/mol. The molecule has 0 aliphatic carbocycles. The number of hydrogen-bond donors (Lipinski definition) is 2. The predicted molar refractivity (Wildman–Crippen MR) is 106 cm³/mol. The van der Waals surface area contributed by atoms with E-state index in [0.717, 1.165) is 30.0 Å². The van der Waals surface area contributed by atoms with Crippen LogP contribution in [0.1, 0.15) is 72.4 Å². The molecule has 2 heterocycles. The molecule has 0 saturated carbocycles. The molecule has 0 radical (unpaired) electrons. The second-order valence-corrected chi connectivity index (χ2v) is 8.61. The molecule has 1 saturated heterocycles. The second-order valence-electron chi connectivity index (χ2n) is 7.15. The zero-order chi connectivity index (χ0) is 21.3. The highest BCUT2D eigenvalue weighted by atomic mass is 31.2. The number of phosphoric ester groups is 1. The average molecular weight is 438 g/mol. The van der Waals surface area contributed by atoms with Gasteiger partial charge >= 0.3 is 13.5 Å². The van der Waals surface area contributed by atoms with E-state index in [0.29, 0.717) is 19.3 Å². The normalized spacial score (nSPS) is 21.3. The van der Waals surface area contributed by atoms with Crippen LogP contribution in [0.2, 0.25) is 0 Å². The fourth-order valence-electron chi connectivity index (χ4n) is 3.14. The van der Waals surface area contributed by atoms with Crippen molar-refractivity contribution >= 4 is 7.82 Å². The molecule has 9 nitrogen and oxygen atoms in total. The lowest BCUT2D eigenvalue weighted by Gasteiger charge is -2.17. The molecule has 29 heavy (non-hydrogen) atoms. The van der Waals surface area contributed by atoms with E-state index in [1.54, 1.807) is 0 Å². The van der Waals surface area contributed by atoms with E-state index in [-0.39, 0.29) is 14.6 Å². The highest BCUT2D eigenvalue weighted by Gasteiger charge is 2.31. The van der Waals surface area contributed by atoms with Crippen LogP contribution in [0.3, 0.4) is 0 Å². The molecule has 1 aromatic heterocycles. The van der Waals surface area contributed by atoms with Crippen molar-refractivity contribution in [2.75, 3.05) is 13.2 Å². The number of rotatable bonds is 13. The smallest absolute Gasteiger partial charge is 0.352 e. The molecule has 2 rings (SSSR count). The van der Waals surface area contributed by atoms with Crippen LogP contribution in [-0.4, -0.2) is 33.8 Å². The Bertz CT molecular complexity index is 803. The molecule has 168 valence electrons. The van der Waals surface area contributed by atoms with E-state index < -0.39 is 37.2 Å². The van der Waals surface area contributed by atoms with Crippen molar-refractivity contribution in [1.82, 2.24) is 9.55 Å². The van der Waals surface area contributed by atoms with Gasteiger partial charge < -0.3 is 9.63 Å². The summed E-state index contributed by atoms with van der Waals surface area (Å²) in [6.45, 7) is 2.11. The number of aromatic amines is 1. The second kappa shape index (κ2) is 11.8. The van der Waals surface area contributed by atoms with Crippen molar-refractivity contribution in [2.45, 2.75) is 77.0 Å². The summed E-state index contributed by atoms with van der Waals surface area (Å²) in [7, 11) is -4.18. The Balaban J connectivity index is 0.00000450. The van der Waals surface area contributed by atoms with Crippen LogP contribution < -0.4 is 11.2 Å². The Morgan fingerprint density at radius 1 is 1.24 bits per heavy atom. The summed E-state index contributed by atoms with van der Waals surface area (Å²) in [5.41, 5.74) is -1.88. The molecule has 1 aromatic rings. The summed E-state index contributed by atoms with van der Waals surface area (Å²) in [5.74, 6) is -1.09. The molecule has 0 spiro atoms. The fraction of sp³-hybridized carbons (Fsp3) is 0.778. The maximum atomic E-state index is 13.4. The van der Waals surface area contributed by atoms with Crippen molar-refractivity contribution in [3.8, 4) is 0 Å². The number of nitrogens with one attached hydrogen (secondary N) is 1. The van der Waals surface area contributed by atoms with Gasteiger partial charge in [0.2, 0.25) is 5.82 Å². The first kappa shape index (κ1) is 24.0. The Kier molecular flexibility index (Phi) is 9.71. The Morgan fingerprint density at radius 3 is 2.66 bits per heavy atom. The number of unbranched alkanes of at least 4 members (excludes halogenated alkanes) is 6. The van der Waals surface area contributed by atoms with Crippen LogP contribution in [0.25, 0.3) is 0 Å². The van der Waals surface area contributed by atoms with Crippen LogP contribution in [0.15, 0.2) is 15.8 Å². The Labute approximate surface area is 170 Å². The van der Waals surface area contributed by atoms with Gasteiger partial charge in [-0.3, -0.25) is 23.4 Å². The molecule has 1 aliphatic heterocycles. The lowest BCUT2D eigenvalue weighted by Crippen LogP contribution is -2.34. The standard InChI is InChI=1S/C18H30FN2O7P.H2/c1-2-3-4-5-6-7-8-11-26-29(24,25)27-13-14-9-10-16(28-14)21-12-15(19)17(22)20-18(21)23;/h12,14,16H,2-11,13H2,1H3,(H,24,25)(H,20,22,23);1H/t14-,16+;/m0./s1. The SMILES string of the molecule is CCCCCCCCCOP(=O)(O)OC[C@@H]1CC[C@H](n2cc(F)c(=O)[nH]c2=O)O1.[HH]. The van der Waals surface area contributed by atoms with E-state index in [2.05, 4.69) is 6.92 Å². The van der Waals surface area contributed by atoms with Crippen LogP contribution in [0.5, 0.6) is 0 Å². The molecule has 0 aromatic carbocycles. The van der Waals surface area contributed by atoms with E-state index in [9.17, 15) is 23.4 Å².